The molecule has 1 aliphatic heterocycles. The van der Waals surface area contributed by atoms with Gasteiger partial charge in [0.1, 0.15) is 6.07 Å². The van der Waals surface area contributed by atoms with E-state index in [0.717, 1.165) is 35.2 Å². The van der Waals surface area contributed by atoms with Gasteiger partial charge >= 0.3 is 0 Å². The largest absolute Gasteiger partial charge is 0.379 e. The van der Waals surface area contributed by atoms with Crippen LogP contribution in [0.3, 0.4) is 0 Å². The molecular formula is C17H19N3S. The molecule has 1 aromatic heterocycles. The number of hydrogen-bond donors (Lipinski definition) is 1. The number of fused-ring (bicyclic) bond motifs is 3. The van der Waals surface area contributed by atoms with Crippen LogP contribution in [-0.4, -0.2) is 16.3 Å². The Morgan fingerprint density at radius 1 is 1.43 bits per heavy atom. The summed E-state index contributed by atoms with van der Waals surface area (Å²) in [5.74, 6) is 1.11. The zero-order chi connectivity index (χ0) is 15.0. The van der Waals surface area contributed by atoms with Crippen LogP contribution in [0.1, 0.15) is 38.3 Å². The van der Waals surface area contributed by atoms with Crippen LogP contribution >= 0.6 is 11.8 Å². The lowest BCUT2D eigenvalue weighted by molar-refractivity contribution is 0.548. The van der Waals surface area contributed by atoms with Gasteiger partial charge in [-0.3, -0.25) is 4.98 Å². The highest BCUT2D eigenvalue weighted by atomic mass is 32.2. The van der Waals surface area contributed by atoms with Gasteiger partial charge in [-0.1, -0.05) is 6.92 Å². The zero-order valence-corrected chi connectivity index (χ0v) is 13.5. The van der Waals surface area contributed by atoms with Gasteiger partial charge in [-0.05, 0) is 44.4 Å². The molecule has 0 aliphatic carbocycles. The molecule has 1 N–H and O–H groups in total. The van der Waals surface area contributed by atoms with Gasteiger partial charge in [0.15, 0.2) is 0 Å². The van der Waals surface area contributed by atoms with Gasteiger partial charge in [0.05, 0.1) is 16.8 Å². The first kappa shape index (κ1) is 14.2. The molecule has 1 aliphatic rings. The van der Waals surface area contributed by atoms with Gasteiger partial charge in [-0.2, -0.15) is 5.26 Å². The number of rotatable bonds is 3. The highest BCUT2D eigenvalue weighted by Gasteiger charge is 2.23. The van der Waals surface area contributed by atoms with E-state index in [4.69, 9.17) is 0 Å². The van der Waals surface area contributed by atoms with E-state index in [2.05, 4.69) is 49.3 Å². The van der Waals surface area contributed by atoms with E-state index >= 15 is 0 Å². The lowest BCUT2D eigenvalue weighted by atomic mass is 9.97. The number of nitrogens with zero attached hydrogens (tertiary/aromatic N) is 2. The first-order valence-electron chi connectivity index (χ1n) is 7.31. The van der Waals surface area contributed by atoms with Crippen LogP contribution in [0.4, 0.5) is 5.69 Å². The molecule has 0 radical (unpaired) electrons. The molecule has 0 spiro atoms. The van der Waals surface area contributed by atoms with Crippen molar-refractivity contribution in [2.45, 2.75) is 44.0 Å². The molecule has 0 saturated carbocycles. The molecule has 4 heteroatoms. The Labute approximate surface area is 129 Å². The number of thioether (sulfide) groups is 1. The predicted octanol–water partition coefficient (Wildman–Crippen LogP) is 4.36. The minimum atomic E-state index is -0.0473. The quantitative estimate of drug-likeness (QED) is 0.914. The minimum Gasteiger partial charge on any atom is -0.379 e. The standard InChI is InChI=1S/C17H19N3S/c1-4-17(2,3)20-16-11(9-18)10-19-13-5-6-14-12(15(13)16)7-8-21-14/h5-6,10H,4,7-8H2,1-3H3,(H,19,20). The molecule has 0 amide bonds. The molecule has 0 unspecified atom stereocenters. The third-order valence-corrected chi connectivity index (χ3v) is 5.28. The molecular weight excluding hydrogens is 278 g/mol. The molecule has 0 fully saturated rings. The first-order valence-corrected chi connectivity index (χ1v) is 8.30. The monoisotopic (exact) mass is 297 g/mol. The van der Waals surface area contributed by atoms with Gasteiger partial charge in [-0.15, -0.1) is 11.8 Å². The number of hydrogen-bond acceptors (Lipinski definition) is 4. The highest BCUT2D eigenvalue weighted by Crippen LogP contribution is 2.40. The topological polar surface area (TPSA) is 48.7 Å². The van der Waals surface area contributed by atoms with E-state index < -0.39 is 0 Å². The van der Waals surface area contributed by atoms with Gasteiger partial charge in [-0.25, -0.2) is 0 Å². The van der Waals surface area contributed by atoms with Gasteiger partial charge < -0.3 is 5.32 Å². The van der Waals surface area contributed by atoms with Crippen LogP contribution < -0.4 is 5.32 Å². The van der Waals surface area contributed by atoms with E-state index in [0.29, 0.717) is 5.56 Å². The SMILES string of the molecule is CCC(C)(C)Nc1c(C#N)cnc2ccc3c(c12)CCS3. The second-order valence-corrected chi connectivity index (χ2v) is 7.19. The van der Waals surface area contributed by atoms with E-state index in [-0.39, 0.29) is 5.54 Å². The van der Waals surface area contributed by atoms with Gasteiger partial charge in [0.2, 0.25) is 0 Å². The molecule has 3 rings (SSSR count). The van der Waals surface area contributed by atoms with E-state index in [9.17, 15) is 5.26 Å². The van der Waals surface area contributed by atoms with E-state index in [1.54, 1.807) is 6.20 Å². The Hall–Kier alpha value is -1.73. The van der Waals surface area contributed by atoms with Crippen molar-refractivity contribution >= 4 is 28.4 Å². The third-order valence-electron chi connectivity index (χ3n) is 4.18. The summed E-state index contributed by atoms with van der Waals surface area (Å²) in [6, 6.07) is 6.52. The Bertz CT molecular complexity index is 744. The average molecular weight is 297 g/mol. The van der Waals surface area contributed by atoms with Crippen LogP contribution in [0.15, 0.2) is 23.2 Å². The molecule has 21 heavy (non-hydrogen) atoms. The van der Waals surface area contributed by atoms with Gasteiger partial charge in [0.25, 0.3) is 0 Å². The number of aromatic nitrogens is 1. The smallest absolute Gasteiger partial charge is 0.103 e. The molecule has 0 atom stereocenters. The number of anilines is 1. The summed E-state index contributed by atoms with van der Waals surface area (Å²) in [5, 5.41) is 14.2. The van der Waals surface area contributed by atoms with Crippen molar-refractivity contribution in [1.82, 2.24) is 4.98 Å². The van der Waals surface area contributed by atoms with Crippen molar-refractivity contribution in [2.24, 2.45) is 0 Å². The summed E-state index contributed by atoms with van der Waals surface area (Å²) in [5.41, 5.74) is 3.86. The van der Waals surface area contributed by atoms with E-state index in [1.165, 1.54) is 10.5 Å². The second kappa shape index (κ2) is 5.23. The molecule has 3 nitrogen and oxygen atoms in total. The summed E-state index contributed by atoms with van der Waals surface area (Å²) < 4.78 is 0. The fourth-order valence-electron chi connectivity index (χ4n) is 2.62. The van der Waals surface area contributed by atoms with Crippen molar-refractivity contribution in [3.63, 3.8) is 0 Å². The molecule has 2 heterocycles. The van der Waals surface area contributed by atoms with Crippen LogP contribution in [0.25, 0.3) is 10.9 Å². The second-order valence-electron chi connectivity index (χ2n) is 6.06. The van der Waals surface area contributed by atoms with Crippen molar-refractivity contribution in [3.05, 3.63) is 29.5 Å². The summed E-state index contributed by atoms with van der Waals surface area (Å²) >= 11 is 1.89. The summed E-state index contributed by atoms with van der Waals surface area (Å²) in [6.45, 7) is 6.49. The maximum Gasteiger partial charge on any atom is 0.103 e. The average Bonchev–Trinajstić information content (AvgIpc) is 2.95. The maximum absolute atomic E-state index is 9.46. The Morgan fingerprint density at radius 2 is 2.24 bits per heavy atom. The number of pyridine rings is 1. The normalized spacial score (nSPS) is 14.0. The predicted molar refractivity (Wildman–Crippen MR) is 88.9 cm³/mol. The molecule has 1 aromatic carbocycles. The van der Waals surface area contributed by atoms with Crippen molar-refractivity contribution in [2.75, 3.05) is 11.1 Å². The fraction of sp³-hybridized carbons (Fsp3) is 0.412. The summed E-state index contributed by atoms with van der Waals surface area (Å²) in [7, 11) is 0. The fourth-order valence-corrected chi connectivity index (χ4v) is 3.69. The van der Waals surface area contributed by atoms with Crippen LogP contribution in [0, 0.1) is 11.3 Å². The van der Waals surface area contributed by atoms with Gasteiger partial charge in [0, 0.05) is 27.8 Å². The number of nitrogens with one attached hydrogen (secondary N) is 1. The number of aryl methyl sites for hydroxylation is 1. The van der Waals surface area contributed by atoms with Crippen LogP contribution in [0.2, 0.25) is 0 Å². The van der Waals surface area contributed by atoms with Crippen molar-refractivity contribution < 1.29 is 0 Å². The Kier molecular flexibility index (Phi) is 3.54. The maximum atomic E-state index is 9.46. The van der Waals surface area contributed by atoms with Crippen molar-refractivity contribution in [3.8, 4) is 6.07 Å². The summed E-state index contributed by atoms with van der Waals surface area (Å²) in [4.78, 5) is 5.80. The summed E-state index contributed by atoms with van der Waals surface area (Å²) in [6.07, 6.45) is 3.73. The Morgan fingerprint density at radius 3 is 2.95 bits per heavy atom. The molecule has 0 bridgehead atoms. The lowest BCUT2D eigenvalue weighted by Gasteiger charge is -2.27. The number of nitriles is 1. The molecule has 108 valence electrons. The highest BCUT2D eigenvalue weighted by molar-refractivity contribution is 7.99. The number of benzene rings is 1. The Balaban J connectivity index is 2.29. The first-order chi connectivity index (χ1) is 10.1. The van der Waals surface area contributed by atoms with Crippen LogP contribution in [-0.2, 0) is 6.42 Å². The third kappa shape index (κ3) is 2.47. The minimum absolute atomic E-state index is 0.0473. The molecule has 0 saturated heterocycles. The lowest BCUT2D eigenvalue weighted by Crippen LogP contribution is -2.30. The van der Waals surface area contributed by atoms with E-state index in [1.807, 2.05) is 11.8 Å². The zero-order valence-electron chi connectivity index (χ0n) is 12.7. The van der Waals surface area contributed by atoms with Crippen LogP contribution in [0.5, 0.6) is 0 Å². The molecule has 2 aromatic rings. The van der Waals surface area contributed by atoms with Crippen molar-refractivity contribution in [1.29, 1.82) is 5.26 Å².